The lowest BCUT2D eigenvalue weighted by atomic mass is 9.59. The average molecular weight is 294 g/mol. The minimum Gasteiger partial charge on any atom is -0.313 e. The molecule has 2 aliphatic rings. The first kappa shape index (κ1) is 11.7. The monoisotopic (exact) mass is 293 g/mol. The standard InChI is InChI=1S/C15H20BrN/c1-11-8-15(9-11,10-17-14-5-6-14)12-3-2-4-13(16)7-12/h2-4,7,11,14,17H,5-6,8-10H2,1H3. The van der Waals surface area contributed by atoms with Crippen LogP contribution in [0.15, 0.2) is 28.7 Å². The Hall–Kier alpha value is -0.340. The van der Waals surface area contributed by atoms with E-state index in [9.17, 15) is 0 Å². The molecule has 2 fully saturated rings. The van der Waals surface area contributed by atoms with Crippen LogP contribution >= 0.6 is 15.9 Å². The molecule has 0 amide bonds. The van der Waals surface area contributed by atoms with Crippen LogP contribution in [0.25, 0.3) is 0 Å². The summed E-state index contributed by atoms with van der Waals surface area (Å²) in [4.78, 5) is 0. The van der Waals surface area contributed by atoms with Gasteiger partial charge in [-0.05, 0) is 49.3 Å². The van der Waals surface area contributed by atoms with E-state index in [0.29, 0.717) is 5.41 Å². The van der Waals surface area contributed by atoms with Gasteiger partial charge in [-0.25, -0.2) is 0 Å². The number of hydrogen-bond acceptors (Lipinski definition) is 1. The van der Waals surface area contributed by atoms with E-state index >= 15 is 0 Å². The Morgan fingerprint density at radius 2 is 2.12 bits per heavy atom. The van der Waals surface area contributed by atoms with Crippen LogP contribution in [0.1, 0.15) is 38.2 Å². The lowest BCUT2D eigenvalue weighted by Gasteiger charge is -2.47. The molecule has 0 saturated heterocycles. The maximum atomic E-state index is 3.72. The average Bonchev–Trinajstić information content (AvgIpc) is 3.06. The smallest absolute Gasteiger partial charge is 0.0178 e. The molecule has 92 valence electrons. The van der Waals surface area contributed by atoms with Crippen molar-refractivity contribution in [3.05, 3.63) is 34.3 Å². The van der Waals surface area contributed by atoms with Crippen molar-refractivity contribution in [1.82, 2.24) is 5.32 Å². The number of benzene rings is 1. The normalized spacial score (nSPS) is 32.2. The number of hydrogen-bond donors (Lipinski definition) is 1. The summed E-state index contributed by atoms with van der Waals surface area (Å²) in [5.41, 5.74) is 1.92. The Morgan fingerprint density at radius 3 is 2.71 bits per heavy atom. The molecular formula is C15H20BrN. The van der Waals surface area contributed by atoms with Crippen molar-refractivity contribution in [2.75, 3.05) is 6.54 Å². The molecule has 0 unspecified atom stereocenters. The Bertz CT molecular complexity index is 405. The van der Waals surface area contributed by atoms with Crippen molar-refractivity contribution in [1.29, 1.82) is 0 Å². The minimum absolute atomic E-state index is 0.409. The second-order valence-corrected chi connectivity index (χ2v) is 6.87. The van der Waals surface area contributed by atoms with Gasteiger partial charge in [-0.15, -0.1) is 0 Å². The van der Waals surface area contributed by atoms with E-state index < -0.39 is 0 Å². The Balaban J connectivity index is 1.78. The Kier molecular flexibility index (Phi) is 3.04. The van der Waals surface area contributed by atoms with E-state index in [-0.39, 0.29) is 0 Å². The van der Waals surface area contributed by atoms with Crippen LogP contribution in [0.4, 0.5) is 0 Å². The zero-order chi connectivity index (χ0) is 11.9. The summed E-state index contributed by atoms with van der Waals surface area (Å²) < 4.78 is 1.21. The van der Waals surface area contributed by atoms with Crippen LogP contribution in [0.5, 0.6) is 0 Å². The predicted octanol–water partition coefficient (Wildman–Crippen LogP) is 3.87. The van der Waals surface area contributed by atoms with Crippen molar-refractivity contribution < 1.29 is 0 Å². The first-order chi connectivity index (χ1) is 8.18. The molecule has 2 aliphatic carbocycles. The van der Waals surface area contributed by atoms with Crippen molar-refractivity contribution in [2.24, 2.45) is 5.92 Å². The number of halogens is 1. The third kappa shape index (κ3) is 2.43. The summed E-state index contributed by atoms with van der Waals surface area (Å²) in [5.74, 6) is 0.884. The van der Waals surface area contributed by atoms with Crippen LogP contribution in [-0.4, -0.2) is 12.6 Å². The fourth-order valence-corrected chi connectivity index (χ4v) is 3.60. The van der Waals surface area contributed by atoms with Crippen molar-refractivity contribution in [3.8, 4) is 0 Å². The van der Waals surface area contributed by atoms with E-state index in [1.54, 1.807) is 0 Å². The van der Waals surface area contributed by atoms with Gasteiger partial charge in [0.1, 0.15) is 0 Å². The van der Waals surface area contributed by atoms with Crippen molar-refractivity contribution in [2.45, 2.75) is 44.1 Å². The molecule has 2 saturated carbocycles. The molecular weight excluding hydrogens is 274 g/mol. The van der Waals surface area contributed by atoms with E-state index in [1.807, 2.05) is 0 Å². The quantitative estimate of drug-likeness (QED) is 0.889. The molecule has 3 rings (SSSR count). The van der Waals surface area contributed by atoms with E-state index in [2.05, 4.69) is 52.4 Å². The highest BCUT2D eigenvalue weighted by Gasteiger charge is 2.43. The zero-order valence-corrected chi connectivity index (χ0v) is 12.0. The number of nitrogens with one attached hydrogen (secondary N) is 1. The van der Waals surface area contributed by atoms with Crippen LogP contribution in [-0.2, 0) is 5.41 Å². The van der Waals surface area contributed by atoms with Gasteiger partial charge in [-0.2, -0.15) is 0 Å². The van der Waals surface area contributed by atoms with Gasteiger partial charge in [0.25, 0.3) is 0 Å². The van der Waals surface area contributed by atoms with Gasteiger partial charge in [-0.3, -0.25) is 0 Å². The van der Waals surface area contributed by atoms with Gasteiger partial charge in [-0.1, -0.05) is 35.0 Å². The Morgan fingerprint density at radius 1 is 1.35 bits per heavy atom. The first-order valence-corrected chi connectivity index (χ1v) is 7.47. The summed E-state index contributed by atoms with van der Waals surface area (Å²) in [5, 5.41) is 3.72. The largest absolute Gasteiger partial charge is 0.313 e. The molecule has 0 atom stereocenters. The topological polar surface area (TPSA) is 12.0 Å². The minimum atomic E-state index is 0.409. The van der Waals surface area contributed by atoms with Crippen LogP contribution < -0.4 is 5.32 Å². The van der Waals surface area contributed by atoms with E-state index in [1.165, 1.54) is 42.3 Å². The zero-order valence-electron chi connectivity index (χ0n) is 10.4. The van der Waals surface area contributed by atoms with Crippen LogP contribution in [0.2, 0.25) is 0 Å². The van der Waals surface area contributed by atoms with Crippen molar-refractivity contribution >= 4 is 15.9 Å². The maximum Gasteiger partial charge on any atom is 0.0178 e. The summed E-state index contributed by atoms with van der Waals surface area (Å²) >= 11 is 3.59. The highest BCUT2D eigenvalue weighted by molar-refractivity contribution is 9.10. The summed E-state index contributed by atoms with van der Waals surface area (Å²) in [6, 6.07) is 9.70. The van der Waals surface area contributed by atoms with Gasteiger partial charge < -0.3 is 5.32 Å². The second kappa shape index (κ2) is 4.40. The molecule has 1 aromatic carbocycles. The van der Waals surface area contributed by atoms with Gasteiger partial charge >= 0.3 is 0 Å². The fraction of sp³-hybridized carbons (Fsp3) is 0.600. The van der Waals surface area contributed by atoms with E-state index in [4.69, 9.17) is 0 Å². The molecule has 0 aliphatic heterocycles. The number of rotatable bonds is 4. The molecule has 0 radical (unpaired) electrons. The molecule has 2 heteroatoms. The lowest BCUT2D eigenvalue weighted by Crippen LogP contribution is -2.48. The highest BCUT2D eigenvalue weighted by Crippen LogP contribution is 2.48. The summed E-state index contributed by atoms with van der Waals surface area (Å²) in [7, 11) is 0. The fourth-order valence-electron chi connectivity index (χ4n) is 3.20. The maximum absolute atomic E-state index is 3.72. The van der Waals surface area contributed by atoms with Gasteiger partial charge in [0, 0.05) is 22.5 Å². The predicted molar refractivity (Wildman–Crippen MR) is 75.2 cm³/mol. The third-order valence-corrected chi connectivity index (χ3v) is 4.72. The second-order valence-electron chi connectivity index (χ2n) is 5.96. The van der Waals surface area contributed by atoms with Gasteiger partial charge in [0.2, 0.25) is 0 Å². The van der Waals surface area contributed by atoms with Gasteiger partial charge in [0.05, 0.1) is 0 Å². The van der Waals surface area contributed by atoms with Crippen molar-refractivity contribution in [3.63, 3.8) is 0 Å². The third-order valence-electron chi connectivity index (χ3n) is 4.22. The summed E-state index contributed by atoms with van der Waals surface area (Å²) in [6.45, 7) is 3.53. The molecule has 1 nitrogen and oxygen atoms in total. The highest BCUT2D eigenvalue weighted by atomic mass is 79.9. The Labute approximate surface area is 112 Å². The molecule has 1 aromatic rings. The molecule has 1 N–H and O–H groups in total. The SMILES string of the molecule is CC1CC(CNC2CC2)(c2cccc(Br)c2)C1. The molecule has 0 aromatic heterocycles. The lowest BCUT2D eigenvalue weighted by molar-refractivity contribution is 0.152. The van der Waals surface area contributed by atoms with E-state index in [0.717, 1.165) is 12.0 Å². The molecule has 0 bridgehead atoms. The summed E-state index contributed by atoms with van der Waals surface area (Å²) in [6.07, 6.45) is 5.43. The molecule has 0 heterocycles. The van der Waals surface area contributed by atoms with Crippen LogP contribution in [0, 0.1) is 5.92 Å². The van der Waals surface area contributed by atoms with Crippen LogP contribution in [0.3, 0.4) is 0 Å². The molecule has 17 heavy (non-hydrogen) atoms. The first-order valence-electron chi connectivity index (χ1n) is 6.67. The van der Waals surface area contributed by atoms with Gasteiger partial charge in [0.15, 0.2) is 0 Å². The molecule has 0 spiro atoms.